The summed E-state index contributed by atoms with van der Waals surface area (Å²) in [6.45, 7) is 13.8. The number of halogens is 1. The van der Waals surface area contributed by atoms with Gasteiger partial charge in [-0.2, -0.15) is 0 Å². The summed E-state index contributed by atoms with van der Waals surface area (Å²) in [5, 5.41) is 13.5. The van der Waals surface area contributed by atoms with E-state index in [0.717, 1.165) is 27.1 Å². The molecule has 1 amide bonds. The highest BCUT2D eigenvalue weighted by atomic mass is 79.9. The van der Waals surface area contributed by atoms with E-state index in [4.69, 9.17) is 18.9 Å². The molecule has 0 saturated heterocycles. The molecule has 2 N–H and O–H groups in total. The topological polar surface area (TPSA) is 124 Å². The Hall–Kier alpha value is -1.95. The number of ether oxygens (including phenoxy) is 4. The quantitative estimate of drug-likeness (QED) is 0.112. The number of hydrogen-bond acceptors (Lipinski definition) is 8. The molecular weight excluding hydrogens is 672 g/mol. The molecular formula is C29H47BrN2O8SSi2. The van der Waals surface area contributed by atoms with Crippen molar-refractivity contribution in [1.29, 1.82) is 0 Å². The van der Waals surface area contributed by atoms with Crippen LogP contribution in [0, 0.1) is 0 Å². The summed E-state index contributed by atoms with van der Waals surface area (Å²) in [5.74, 6) is 0.401. The van der Waals surface area contributed by atoms with Crippen molar-refractivity contribution in [1.82, 2.24) is 5.32 Å². The smallest absolute Gasteiger partial charge is 0.258 e. The van der Waals surface area contributed by atoms with Gasteiger partial charge in [-0.3, -0.25) is 4.79 Å². The number of anilines is 1. The first kappa shape index (κ1) is 37.2. The lowest BCUT2D eigenvalue weighted by Crippen LogP contribution is -2.34. The van der Waals surface area contributed by atoms with E-state index in [1.807, 2.05) is 0 Å². The molecule has 0 fully saturated rings. The molecule has 2 rings (SSSR count). The first-order valence-corrected chi connectivity index (χ1v) is 24.2. The average molecular weight is 720 g/mol. The minimum Gasteiger partial charge on any atom is -0.484 e. The van der Waals surface area contributed by atoms with Gasteiger partial charge in [0.2, 0.25) is 10.0 Å². The SMILES string of the molecule is C[Si](C)(C)CCOCOc1ccc([C@@H](O)CNC(=O)COc2ccc(Br)cc2)cc1N(COCC[Si](C)(C)C)S(C)(=O)=O. The van der Waals surface area contributed by atoms with Crippen LogP contribution in [0.1, 0.15) is 11.7 Å². The zero-order valence-corrected chi connectivity index (χ0v) is 30.7. The molecule has 0 heterocycles. The number of nitrogens with one attached hydrogen (secondary N) is 1. The van der Waals surface area contributed by atoms with Gasteiger partial charge in [0.15, 0.2) is 13.4 Å². The third-order valence-corrected chi connectivity index (χ3v) is 11.3. The molecule has 0 aliphatic rings. The van der Waals surface area contributed by atoms with Crippen LogP contribution in [0.25, 0.3) is 0 Å². The normalized spacial score (nSPS) is 13.0. The van der Waals surface area contributed by atoms with Gasteiger partial charge in [0.25, 0.3) is 5.91 Å². The fourth-order valence-electron chi connectivity index (χ4n) is 3.53. The van der Waals surface area contributed by atoms with Gasteiger partial charge in [-0.25, -0.2) is 12.7 Å². The molecule has 10 nitrogen and oxygen atoms in total. The minimum atomic E-state index is -3.78. The van der Waals surface area contributed by atoms with Crippen LogP contribution in [-0.2, 0) is 24.3 Å². The van der Waals surface area contributed by atoms with Crippen molar-refractivity contribution in [2.45, 2.75) is 57.5 Å². The third-order valence-electron chi connectivity index (χ3n) is 6.21. The first-order valence-electron chi connectivity index (χ1n) is 14.2. The Morgan fingerprint density at radius 1 is 0.953 bits per heavy atom. The van der Waals surface area contributed by atoms with Crippen LogP contribution in [0.3, 0.4) is 0 Å². The summed E-state index contributed by atoms with van der Waals surface area (Å²) in [5.41, 5.74) is 0.609. The Morgan fingerprint density at radius 2 is 1.56 bits per heavy atom. The number of benzene rings is 2. The third kappa shape index (κ3) is 15.1. The molecule has 14 heteroatoms. The number of hydrogen-bond donors (Lipinski definition) is 2. The highest BCUT2D eigenvalue weighted by molar-refractivity contribution is 9.10. The van der Waals surface area contributed by atoms with Crippen molar-refractivity contribution in [3.8, 4) is 11.5 Å². The molecule has 0 spiro atoms. The van der Waals surface area contributed by atoms with Crippen molar-refractivity contribution >= 4 is 53.7 Å². The molecule has 0 unspecified atom stereocenters. The van der Waals surface area contributed by atoms with E-state index in [2.05, 4.69) is 60.5 Å². The van der Waals surface area contributed by atoms with Gasteiger partial charge < -0.3 is 29.4 Å². The van der Waals surface area contributed by atoms with E-state index in [1.54, 1.807) is 36.4 Å². The van der Waals surface area contributed by atoms with Crippen LogP contribution < -0.4 is 19.1 Å². The van der Waals surface area contributed by atoms with Crippen molar-refractivity contribution in [2.24, 2.45) is 0 Å². The Kier molecular flexibility index (Phi) is 14.7. The van der Waals surface area contributed by atoms with Crippen LogP contribution in [-0.4, -0.2) is 81.7 Å². The summed E-state index contributed by atoms with van der Waals surface area (Å²) < 4.78 is 50.6. The zero-order valence-electron chi connectivity index (χ0n) is 26.3. The molecule has 0 aliphatic heterocycles. The van der Waals surface area contributed by atoms with E-state index in [-0.39, 0.29) is 38.1 Å². The predicted molar refractivity (Wildman–Crippen MR) is 180 cm³/mol. The van der Waals surface area contributed by atoms with Gasteiger partial charge in [-0.15, -0.1) is 0 Å². The molecule has 0 saturated carbocycles. The molecule has 2 aromatic rings. The fourth-order valence-corrected chi connectivity index (χ4v) is 6.07. The molecule has 242 valence electrons. The largest absolute Gasteiger partial charge is 0.484 e. The van der Waals surface area contributed by atoms with Gasteiger partial charge in [-0.1, -0.05) is 61.3 Å². The zero-order chi connectivity index (χ0) is 32.3. The summed E-state index contributed by atoms with van der Waals surface area (Å²) in [6.07, 6.45) is -0.0237. The molecule has 0 aliphatic carbocycles. The molecule has 0 aromatic heterocycles. The number of aliphatic hydroxyl groups is 1. The lowest BCUT2D eigenvalue weighted by atomic mass is 10.1. The van der Waals surface area contributed by atoms with Gasteiger partial charge in [0, 0.05) is 40.4 Å². The number of carbonyl (C=O) groups is 1. The highest BCUT2D eigenvalue weighted by Gasteiger charge is 2.24. The van der Waals surface area contributed by atoms with Crippen LogP contribution >= 0.6 is 15.9 Å². The number of aliphatic hydroxyl groups excluding tert-OH is 1. The van der Waals surface area contributed by atoms with E-state index in [1.165, 1.54) is 6.07 Å². The van der Waals surface area contributed by atoms with Crippen LogP contribution in [0.5, 0.6) is 11.5 Å². The fraction of sp³-hybridized carbons (Fsp3) is 0.552. The van der Waals surface area contributed by atoms with Gasteiger partial charge in [-0.05, 0) is 54.0 Å². The Bertz CT molecular complexity index is 1270. The minimum absolute atomic E-state index is 0.0537. The van der Waals surface area contributed by atoms with Gasteiger partial charge >= 0.3 is 0 Å². The second kappa shape index (κ2) is 16.9. The number of nitrogens with zero attached hydrogens (tertiary/aromatic N) is 1. The lowest BCUT2D eigenvalue weighted by Gasteiger charge is -2.26. The first-order chi connectivity index (χ1) is 19.9. The Morgan fingerprint density at radius 3 is 2.14 bits per heavy atom. The maximum Gasteiger partial charge on any atom is 0.258 e. The lowest BCUT2D eigenvalue weighted by molar-refractivity contribution is -0.123. The van der Waals surface area contributed by atoms with Crippen molar-refractivity contribution in [2.75, 3.05) is 50.5 Å². The molecule has 0 bridgehead atoms. The Balaban J connectivity index is 2.16. The summed E-state index contributed by atoms with van der Waals surface area (Å²) in [6, 6.07) is 13.7. The van der Waals surface area contributed by atoms with Crippen molar-refractivity contribution in [3.63, 3.8) is 0 Å². The number of amides is 1. The van der Waals surface area contributed by atoms with E-state index in [0.29, 0.717) is 24.5 Å². The summed E-state index contributed by atoms with van der Waals surface area (Å²) in [4.78, 5) is 12.3. The standard InChI is InChI=1S/C29H47BrN2O8SSi2/c1-41(35,36)32(21-37-14-16-42(2,3)4)26-18-23(8-13-28(26)40-22-38-15-17-43(5,6)7)27(33)19-31-29(34)20-39-25-11-9-24(30)10-12-25/h8-13,18,27,33H,14-17,19-22H2,1-7H3,(H,31,34)/t27-/m0/s1. The summed E-state index contributed by atoms with van der Waals surface area (Å²) >= 11 is 3.35. The monoisotopic (exact) mass is 718 g/mol. The number of carbonyl (C=O) groups excluding carboxylic acids is 1. The van der Waals surface area contributed by atoms with Crippen molar-refractivity contribution < 1.29 is 37.3 Å². The van der Waals surface area contributed by atoms with Crippen LogP contribution in [0.2, 0.25) is 51.4 Å². The second-order valence-corrected chi connectivity index (χ2v) is 26.8. The maximum absolute atomic E-state index is 12.9. The number of sulfonamides is 1. The van der Waals surface area contributed by atoms with E-state index in [9.17, 15) is 18.3 Å². The molecule has 0 radical (unpaired) electrons. The summed E-state index contributed by atoms with van der Waals surface area (Å²) in [7, 11) is -6.45. The van der Waals surface area contributed by atoms with Gasteiger partial charge in [0.05, 0.1) is 18.0 Å². The maximum atomic E-state index is 12.9. The number of rotatable bonds is 19. The van der Waals surface area contributed by atoms with Crippen LogP contribution in [0.15, 0.2) is 46.9 Å². The van der Waals surface area contributed by atoms with Gasteiger partial charge in [0.1, 0.15) is 18.2 Å². The molecule has 43 heavy (non-hydrogen) atoms. The Labute approximate surface area is 267 Å². The van der Waals surface area contributed by atoms with Crippen LogP contribution in [0.4, 0.5) is 5.69 Å². The van der Waals surface area contributed by atoms with E-state index < -0.39 is 38.2 Å². The predicted octanol–water partition coefficient (Wildman–Crippen LogP) is 5.45. The van der Waals surface area contributed by atoms with E-state index >= 15 is 0 Å². The molecule has 2 aromatic carbocycles. The molecule has 1 atom stereocenters. The highest BCUT2D eigenvalue weighted by Crippen LogP contribution is 2.33. The van der Waals surface area contributed by atoms with Crippen molar-refractivity contribution in [3.05, 3.63) is 52.5 Å². The average Bonchev–Trinajstić information content (AvgIpc) is 2.89. The second-order valence-electron chi connectivity index (χ2n) is 12.7.